The van der Waals surface area contributed by atoms with Gasteiger partial charge in [0, 0.05) is 29.2 Å². The lowest BCUT2D eigenvalue weighted by Crippen LogP contribution is -2.52. The Hall–Kier alpha value is -1.62. The number of carbonyl (C=O) groups excluding carboxylic acids is 1. The van der Waals surface area contributed by atoms with Crippen molar-refractivity contribution in [3.05, 3.63) is 63.1 Å². The molecule has 3 heterocycles. The van der Waals surface area contributed by atoms with E-state index in [1.165, 1.54) is 6.07 Å². The molecule has 2 aliphatic heterocycles. The van der Waals surface area contributed by atoms with Crippen molar-refractivity contribution in [3.8, 4) is 0 Å². The molecule has 2 aliphatic rings. The van der Waals surface area contributed by atoms with Crippen molar-refractivity contribution in [2.45, 2.75) is 82.9 Å². The van der Waals surface area contributed by atoms with Crippen LogP contribution in [-0.4, -0.2) is 48.0 Å². The molecule has 0 saturated carbocycles. The van der Waals surface area contributed by atoms with Gasteiger partial charge in [-0.3, -0.25) is 9.78 Å². The second-order valence-corrected chi connectivity index (χ2v) is 13.2. The molecule has 4 rings (SSSR count). The SMILES string of the molecule is CC(C)(C)C[C@@H]1N[C@@H](C(=O)NCC[C@H]2COC(C)(C)O2)[C@H](c2cccc(Cl)c2F)[C@@]1(N)c1ccc(Br)cn1. The van der Waals surface area contributed by atoms with Crippen LogP contribution < -0.4 is 16.4 Å². The van der Waals surface area contributed by atoms with E-state index < -0.39 is 29.1 Å². The van der Waals surface area contributed by atoms with Gasteiger partial charge in [0.25, 0.3) is 0 Å². The molecule has 38 heavy (non-hydrogen) atoms. The average Bonchev–Trinajstić information content (AvgIpc) is 3.31. The highest BCUT2D eigenvalue weighted by atomic mass is 79.9. The third-order valence-corrected chi connectivity index (χ3v) is 7.99. The van der Waals surface area contributed by atoms with Gasteiger partial charge in [0.15, 0.2) is 5.79 Å². The summed E-state index contributed by atoms with van der Waals surface area (Å²) in [6, 6.07) is 7.32. The number of amides is 1. The molecule has 1 aromatic carbocycles. The van der Waals surface area contributed by atoms with Gasteiger partial charge >= 0.3 is 0 Å². The Bertz CT molecular complexity index is 1160. The largest absolute Gasteiger partial charge is 0.355 e. The molecule has 7 nitrogen and oxygen atoms in total. The van der Waals surface area contributed by atoms with E-state index in [2.05, 4.69) is 52.3 Å². The van der Waals surface area contributed by atoms with Crippen molar-refractivity contribution in [2.75, 3.05) is 13.2 Å². The number of halogens is 3. The first-order valence-electron chi connectivity index (χ1n) is 12.9. The van der Waals surface area contributed by atoms with Gasteiger partial charge in [0.2, 0.25) is 5.91 Å². The highest BCUT2D eigenvalue weighted by Gasteiger charge is 2.58. The fraction of sp³-hybridized carbons (Fsp3) is 0.571. The molecule has 1 amide bonds. The Morgan fingerprint density at radius 1 is 1.32 bits per heavy atom. The van der Waals surface area contributed by atoms with Gasteiger partial charge in [-0.15, -0.1) is 0 Å². The Balaban J connectivity index is 1.70. The number of benzene rings is 1. The summed E-state index contributed by atoms with van der Waals surface area (Å²) in [6.45, 7) is 10.9. The summed E-state index contributed by atoms with van der Waals surface area (Å²) in [5, 5.41) is 6.48. The highest BCUT2D eigenvalue weighted by Crippen LogP contribution is 2.48. The monoisotopic (exact) mass is 610 g/mol. The number of ether oxygens (including phenoxy) is 2. The quantitative estimate of drug-likeness (QED) is 0.407. The van der Waals surface area contributed by atoms with E-state index in [0.717, 1.165) is 4.47 Å². The first-order valence-corrected chi connectivity index (χ1v) is 14.1. The van der Waals surface area contributed by atoms with Crippen LogP contribution in [-0.2, 0) is 19.8 Å². The van der Waals surface area contributed by atoms with Crippen LogP contribution in [0.25, 0.3) is 0 Å². The van der Waals surface area contributed by atoms with Crippen LogP contribution in [0.5, 0.6) is 0 Å². The van der Waals surface area contributed by atoms with Crippen molar-refractivity contribution in [1.29, 1.82) is 0 Å². The Labute approximate surface area is 237 Å². The number of hydrogen-bond acceptors (Lipinski definition) is 6. The molecule has 4 N–H and O–H groups in total. The zero-order valence-electron chi connectivity index (χ0n) is 22.5. The smallest absolute Gasteiger partial charge is 0.237 e. The third-order valence-electron chi connectivity index (χ3n) is 7.22. The molecule has 0 unspecified atom stereocenters. The summed E-state index contributed by atoms with van der Waals surface area (Å²) in [7, 11) is 0. The number of pyridine rings is 1. The Morgan fingerprint density at radius 3 is 2.66 bits per heavy atom. The topological polar surface area (TPSA) is 98.5 Å². The molecule has 0 aliphatic carbocycles. The van der Waals surface area contributed by atoms with Gasteiger partial charge in [-0.1, -0.05) is 44.5 Å². The van der Waals surface area contributed by atoms with Crippen LogP contribution in [0.3, 0.4) is 0 Å². The average molecular weight is 612 g/mol. The molecular formula is C28H37BrClFN4O3. The number of carbonyl (C=O) groups is 1. The van der Waals surface area contributed by atoms with Gasteiger partial charge in [-0.25, -0.2) is 4.39 Å². The van der Waals surface area contributed by atoms with Crippen molar-refractivity contribution < 1.29 is 18.7 Å². The minimum Gasteiger partial charge on any atom is -0.355 e. The molecule has 2 fully saturated rings. The summed E-state index contributed by atoms with van der Waals surface area (Å²) in [6.07, 6.45) is 2.77. The standard InChI is InChI=1S/C28H37BrClFN4O3/c1-26(2,3)13-21-28(32,20-10-9-16(29)14-34-20)22(18-7-6-8-19(30)23(18)31)24(35-21)25(36)33-12-11-17-15-37-27(4,5)38-17/h6-10,14,17,21-22,24,35H,11-13,15,32H2,1-5H3,(H,33,36)/t17-,21-,22-,24+,28+/m0/s1. The first-order chi connectivity index (χ1) is 17.7. The predicted octanol–water partition coefficient (Wildman–Crippen LogP) is 5.01. The van der Waals surface area contributed by atoms with Crippen molar-refractivity contribution >= 4 is 33.4 Å². The van der Waals surface area contributed by atoms with E-state index in [1.54, 1.807) is 18.3 Å². The molecule has 0 spiro atoms. The van der Waals surface area contributed by atoms with E-state index in [-0.39, 0.29) is 34.1 Å². The van der Waals surface area contributed by atoms with E-state index in [0.29, 0.717) is 31.7 Å². The molecule has 0 bridgehead atoms. The summed E-state index contributed by atoms with van der Waals surface area (Å²) in [4.78, 5) is 18.4. The molecule has 5 atom stereocenters. The fourth-order valence-corrected chi connectivity index (χ4v) is 5.97. The number of aromatic nitrogens is 1. The van der Waals surface area contributed by atoms with E-state index in [1.807, 2.05) is 26.0 Å². The molecule has 1 aromatic heterocycles. The van der Waals surface area contributed by atoms with Gasteiger partial charge in [0.1, 0.15) is 5.82 Å². The second kappa shape index (κ2) is 11.1. The number of nitrogens with two attached hydrogens (primary N) is 1. The summed E-state index contributed by atoms with van der Waals surface area (Å²) < 4.78 is 27.9. The van der Waals surface area contributed by atoms with Gasteiger partial charge < -0.3 is 25.8 Å². The number of hydrogen-bond donors (Lipinski definition) is 3. The molecule has 2 saturated heterocycles. The summed E-state index contributed by atoms with van der Waals surface area (Å²) in [5.41, 5.74) is 6.82. The number of nitrogens with zero attached hydrogens (tertiary/aromatic N) is 1. The fourth-order valence-electron chi connectivity index (χ4n) is 5.55. The van der Waals surface area contributed by atoms with Gasteiger partial charge in [-0.2, -0.15) is 0 Å². The van der Waals surface area contributed by atoms with E-state index in [4.69, 9.17) is 26.8 Å². The lowest BCUT2D eigenvalue weighted by atomic mass is 9.70. The van der Waals surface area contributed by atoms with Crippen molar-refractivity contribution in [2.24, 2.45) is 11.1 Å². The van der Waals surface area contributed by atoms with E-state index >= 15 is 4.39 Å². The molecule has 2 aromatic rings. The maximum Gasteiger partial charge on any atom is 0.237 e. The normalized spacial score (nSPS) is 29.0. The lowest BCUT2D eigenvalue weighted by Gasteiger charge is -2.38. The van der Waals surface area contributed by atoms with Crippen LogP contribution >= 0.6 is 27.5 Å². The predicted molar refractivity (Wildman–Crippen MR) is 149 cm³/mol. The third kappa shape index (κ3) is 6.24. The lowest BCUT2D eigenvalue weighted by molar-refractivity contribution is -0.138. The molecule has 208 valence electrons. The maximum atomic E-state index is 15.6. The zero-order chi connectivity index (χ0) is 27.9. The van der Waals surface area contributed by atoms with Crippen molar-refractivity contribution in [1.82, 2.24) is 15.6 Å². The minimum absolute atomic E-state index is 0.0203. The van der Waals surface area contributed by atoms with Crippen LogP contribution in [0.4, 0.5) is 4.39 Å². The van der Waals surface area contributed by atoms with Gasteiger partial charge in [-0.05, 0) is 71.8 Å². The second-order valence-electron chi connectivity index (χ2n) is 11.9. The molecule has 0 radical (unpaired) electrons. The Kier molecular flexibility index (Phi) is 8.58. The number of nitrogens with one attached hydrogen (secondary N) is 2. The molecule has 10 heteroatoms. The first kappa shape index (κ1) is 29.4. The van der Waals surface area contributed by atoms with Crippen molar-refractivity contribution in [3.63, 3.8) is 0 Å². The van der Waals surface area contributed by atoms with Crippen LogP contribution in [0.1, 0.15) is 64.6 Å². The molecular weight excluding hydrogens is 575 g/mol. The summed E-state index contributed by atoms with van der Waals surface area (Å²) in [5.74, 6) is -2.25. The maximum absolute atomic E-state index is 15.6. The highest BCUT2D eigenvalue weighted by molar-refractivity contribution is 9.10. The van der Waals surface area contributed by atoms with Crippen LogP contribution in [0.15, 0.2) is 41.0 Å². The Morgan fingerprint density at radius 2 is 2.05 bits per heavy atom. The minimum atomic E-state index is -1.20. The van der Waals surface area contributed by atoms with Crippen LogP contribution in [0.2, 0.25) is 5.02 Å². The van der Waals surface area contributed by atoms with Gasteiger partial charge in [0.05, 0.1) is 35.0 Å². The summed E-state index contributed by atoms with van der Waals surface area (Å²) >= 11 is 9.65. The zero-order valence-corrected chi connectivity index (χ0v) is 24.8. The van der Waals surface area contributed by atoms with E-state index in [9.17, 15) is 4.79 Å². The van der Waals surface area contributed by atoms with Crippen LogP contribution in [0, 0.1) is 11.2 Å². The number of rotatable bonds is 7.